The van der Waals surface area contributed by atoms with Crippen molar-refractivity contribution in [3.63, 3.8) is 0 Å². The van der Waals surface area contributed by atoms with E-state index in [1.54, 1.807) is 19.9 Å². The number of hydrogen-bond acceptors (Lipinski definition) is 5. The quantitative estimate of drug-likeness (QED) is 0.821. The topological polar surface area (TPSA) is 86.3 Å². The van der Waals surface area contributed by atoms with Crippen molar-refractivity contribution < 1.29 is 8.42 Å². The number of rotatable bonds is 5. The Balaban J connectivity index is 2.23. The van der Waals surface area contributed by atoms with Crippen molar-refractivity contribution in [3.05, 3.63) is 28.3 Å². The Morgan fingerprint density at radius 3 is 2.39 bits per heavy atom. The van der Waals surface area contributed by atoms with Crippen molar-refractivity contribution in [3.8, 4) is 0 Å². The van der Waals surface area contributed by atoms with Gasteiger partial charge >= 0.3 is 5.69 Å². The van der Waals surface area contributed by atoms with E-state index in [0.29, 0.717) is 12.1 Å². The zero-order chi connectivity index (χ0) is 17.4. The van der Waals surface area contributed by atoms with Gasteiger partial charge in [-0.05, 0) is 32.4 Å². The molecule has 0 aromatic carbocycles. The molecule has 2 aromatic rings. The van der Waals surface area contributed by atoms with E-state index in [1.165, 1.54) is 9.20 Å². The predicted molar refractivity (Wildman–Crippen MR) is 89.5 cm³/mol. The molecule has 0 saturated heterocycles. The van der Waals surface area contributed by atoms with Gasteiger partial charge in [0, 0.05) is 12.0 Å². The molecular formula is C15H24N4O3S. The lowest BCUT2D eigenvalue weighted by Crippen LogP contribution is -2.26. The van der Waals surface area contributed by atoms with Crippen molar-refractivity contribution >= 4 is 15.5 Å². The first-order valence-electron chi connectivity index (χ1n) is 7.71. The molecule has 2 heterocycles. The molecule has 128 valence electrons. The summed E-state index contributed by atoms with van der Waals surface area (Å²) in [5, 5.41) is 8.16. The summed E-state index contributed by atoms with van der Waals surface area (Å²) in [5.74, 6) is 0.0473. The van der Waals surface area contributed by atoms with E-state index in [1.807, 2.05) is 26.8 Å². The third-order valence-electron chi connectivity index (χ3n) is 3.73. The first-order chi connectivity index (χ1) is 10.5. The van der Waals surface area contributed by atoms with Gasteiger partial charge in [0.15, 0.2) is 15.5 Å². The average Bonchev–Trinajstić information content (AvgIpc) is 2.74. The maximum atomic E-state index is 12.3. The Bertz CT molecular complexity index is 857. The monoisotopic (exact) mass is 340 g/mol. The molecule has 0 radical (unpaired) electrons. The summed E-state index contributed by atoms with van der Waals surface area (Å²) >= 11 is 0. The molecule has 2 rings (SSSR count). The minimum Gasteiger partial charge on any atom is -0.244 e. The van der Waals surface area contributed by atoms with Crippen molar-refractivity contribution in [2.75, 3.05) is 5.75 Å². The van der Waals surface area contributed by atoms with Crippen molar-refractivity contribution in [1.82, 2.24) is 19.4 Å². The standard InChI is InChI=1S/C15H24N4O3S/c1-11(2)23(21,22)10-6-9-18-14(20)19-13(17-18)8-7-12(16-19)15(3,4)5/h7-8,11H,6,9-10H2,1-5H3. The number of sulfone groups is 1. The van der Waals surface area contributed by atoms with E-state index in [9.17, 15) is 13.2 Å². The number of aromatic nitrogens is 4. The molecule has 0 fully saturated rings. The van der Waals surface area contributed by atoms with Gasteiger partial charge in [-0.1, -0.05) is 20.8 Å². The van der Waals surface area contributed by atoms with E-state index in [4.69, 9.17) is 0 Å². The summed E-state index contributed by atoms with van der Waals surface area (Å²) in [4.78, 5) is 12.3. The maximum Gasteiger partial charge on any atom is 0.367 e. The van der Waals surface area contributed by atoms with Crippen molar-refractivity contribution in [2.45, 2.75) is 58.2 Å². The summed E-state index contributed by atoms with van der Waals surface area (Å²) in [5.41, 5.74) is 0.762. The third-order valence-corrected chi connectivity index (χ3v) is 6.02. The average molecular weight is 340 g/mol. The molecule has 7 nitrogen and oxygen atoms in total. The first kappa shape index (κ1) is 17.7. The Kier molecular flexibility index (Phi) is 4.66. The summed E-state index contributed by atoms with van der Waals surface area (Å²) in [6.07, 6.45) is 0.358. The van der Waals surface area contributed by atoms with Crippen LogP contribution in [0.15, 0.2) is 16.9 Å². The minimum absolute atomic E-state index is 0.0473. The SMILES string of the molecule is CC(C)S(=O)(=O)CCCn1nc2ccc(C(C)(C)C)nn2c1=O. The van der Waals surface area contributed by atoms with Crippen LogP contribution in [-0.2, 0) is 21.8 Å². The van der Waals surface area contributed by atoms with Crippen LogP contribution in [0.25, 0.3) is 5.65 Å². The van der Waals surface area contributed by atoms with Crippen LogP contribution in [-0.4, -0.2) is 38.8 Å². The van der Waals surface area contributed by atoms with Crippen molar-refractivity contribution in [1.29, 1.82) is 0 Å². The molecule has 0 atom stereocenters. The summed E-state index contributed by atoms with van der Waals surface area (Å²) in [6.45, 7) is 9.64. The lowest BCUT2D eigenvalue weighted by atomic mass is 9.92. The van der Waals surface area contributed by atoms with E-state index in [-0.39, 0.29) is 23.4 Å². The van der Waals surface area contributed by atoms with Gasteiger partial charge < -0.3 is 0 Å². The van der Waals surface area contributed by atoms with Gasteiger partial charge in [-0.15, -0.1) is 5.10 Å². The zero-order valence-electron chi connectivity index (χ0n) is 14.3. The van der Waals surface area contributed by atoms with Crippen LogP contribution in [0.3, 0.4) is 0 Å². The molecule has 0 aliphatic carbocycles. The number of nitrogens with zero attached hydrogens (tertiary/aromatic N) is 4. The van der Waals surface area contributed by atoms with E-state index in [2.05, 4.69) is 10.2 Å². The normalized spacial score (nSPS) is 13.1. The highest BCUT2D eigenvalue weighted by atomic mass is 32.2. The highest BCUT2D eigenvalue weighted by Gasteiger charge is 2.19. The van der Waals surface area contributed by atoms with Crippen LogP contribution >= 0.6 is 0 Å². The van der Waals surface area contributed by atoms with Crippen LogP contribution in [0, 0.1) is 0 Å². The largest absolute Gasteiger partial charge is 0.367 e. The molecule has 2 aromatic heterocycles. The number of fused-ring (bicyclic) bond motifs is 1. The third kappa shape index (κ3) is 3.80. The fraction of sp³-hybridized carbons (Fsp3) is 0.667. The molecule has 0 aliphatic rings. The number of hydrogen-bond donors (Lipinski definition) is 0. The minimum atomic E-state index is -3.10. The van der Waals surface area contributed by atoms with E-state index < -0.39 is 15.1 Å². The molecule has 23 heavy (non-hydrogen) atoms. The highest BCUT2D eigenvalue weighted by molar-refractivity contribution is 7.91. The van der Waals surface area contributed by atoms with Gasteiger partial charge in [0.05, 0.1) is 16.7 Å². The molecule has 0 unspecified atom stereocenters. The molecule has 0 saturated carbocycles. The van der Waals surface area contributed by atoms with Crippen LogP contribution in [0.2, 0.25) is 0 Å². The van der Waals surface area contributed by atoms with Crippen LogP contribution in [0.5, 0.6) is 0 Å². The molecule has 8 heteroatoms. The van der Waals surface area contributed by atoms with E-state index >= 15 is 0 Å². The Morgan fingerprint density at radius 1 is 1.17 bits per heavy atom. The molecular weight excluding hydrogens is 316 g/mol. The fourth-order valence-electron chi connectivity index (χ4n) is 2.11. The Hall–Kier alpha value is -1.70. The lowest BCUT2D eigenvalue weighted by molar-refractivity contribution is 0.541. The maximum absolute atomic E-state index is 12.3. The first-order valence-corrected chi connectivity index (χ1v) is 9.43. The summed E-state index contributed by atoms with van der Waals surface area (Å²) in [6, 6.07) is 3.62. The molecule has 0 spiro atoms. The predicted octanol–water partition coefficient (Wildman–Crippen LogP) is 1.40. The van der Waals surface area contributed by atoms with Crippen LogP contribution in [0.1, 0.15) is 46.7 Å². The smallest absolute Gasteiger partial charge is 0.244 e. The van der Waals surface area contributed by atoms with Gasteiger partial charge in [0.2, 0.25) is 0 Å². The van der Waals surface area contributed by atoms with Gasteiger partial charge in [0.25, 0.3) is 0 Å². The van der Waals surface area contributed by atoms with E-state index in [0.717, 1.165) is 5.69 Å². The van der Waals surface area contributed by atoms with Crippen molar-refractivity contribution in [2.24, 2.45) is 0 Å². The Morgan fingerprint density at radius 2 is 1.83 bits per heavy atom. The second-order valence-corrected chi connectivity index (χ2v) is 9.69. The highest BCUT2D eigenvalue weighted by Crippen LogP contribution is 2.19. The number of aryl methyl sites for hydroxylation is 1. The molecule has 0 aliphatic heterocycles. The Labute approximate surface area is 136 Å². The van der Waals surface area contributed by atoms with Crippen LogP contribution < -0.4 is 5.69 Å². The van der Waals surface area contributed by atoms with Gasteiger partial charge in [0.1, 0.15) is 0 Å². The zero-order valence-corrected chi connectivity index (χ0v) is 15.1. The fourth-order valence-corrected chi connectivity index (χ4v) is 3.11. The van der Waals surface area contributed by atoms with Gasteiger partial charge in [-0.2, -0.15) is 9.61 Å². The molecule has 0 bridgehead atoms. The molecule has 0 amide bonds. The summed E-state index contributed by atoms with van der Waals surface area (Å²) in [7, 11) is -3.10. The second kappa shape index (κ2) is 6.07. The van der Waals surface area contributed by atoms with Crippen LogP contribution in [0.4, 0.5) is 0 Å². The lowest BCUT2D eigenvalue weighted by Gasteiger charge is -2.16. The van der Waals surface area contributed by atoms with Gasteiger partial charge in [-0.25, -0.2) is 17.9 Å². The second-order valence-electron chi connectivity index (χ2n) is 7.01. The summed E-state index contributed by atoms with van der Waals surface area (Å²) < 4.78 is 26.2. The van der Waals surface area contributed by atoms with Gasteiger partial charge in [-0.3, -0.25) is 0 Å². The molecule has 0 N–H and O–H groups in total.